The van der Waals surface area contributed by atoms with E-state index in [9.17, 15) is 4.57 Å². The van der Waals surface area contributed by atoms with E-state index in [0.29, 0.717) is 39.2 Å². The first-order chi connectivity index (χ1) is 34.2. The van der Waals surface area contributed by atoms with Crippen LogP contribution in [0.3, 0.4) is 0 Å². The van der Waals surface area contributed by atoms with Gasteiger partial charge in [0.1, 0.15) is 23.2 Å². The molecule has 0 saturated carbocycles. The highest BCUT2D eigenvalue weighted by atomic mass is 79.9. The summed E-state index contributed by atoms with van der Waals surface area (Å²) in [6, 6.07) is 65.5. The van der Waals surface area contributed by atoms with Crippen molar-refractivity contribution in [2.75, 3.05) is 56.0 Å². The minimum Gasteiger partial charge on any atom is -1.00 e. The number of halogens is 3. The van der Waals surface area contributed by atoms with E-state index < -0.39 is 31.4 Å². The summed E-state index contributed by atoms with van der Waals surface area (Å²) in [6.45, 7) is 20.8. The van der Waals surface area contributed by atoms with Gasteiger partial charge in [-0.1, -0.05) is 205 Å². The molecule has 0 heterocycles. The lowest BCUT2D eigenvalue weighted by Crippen LogP contribution is -3.00. The zero-order valence-corrected chi connectivity index (χ0v) is 52.2. The summed E-state index contributed by atoms with van der Waals surface area (Å²) in [7, 11) is -5.78. The molecule has 6 nitrogen and oxygen atoms in total. The summed E-state index contributed by atoms with van der Waals surface area (Å²) in [6.07, 6.45) is 6.23. The summed E-state index contributed by atoms with van der Waals surface area (Å²) < 4.78 is 37.1. The van der Waals surface area contributed by atoms with E-state index in [-0.39, 0.29) is 17.0 Å². The van der Waals surface area contributed by atoms with Gasteiger partial charge in [0, 0.05) is 16.8 Å². The molecule has 0 aliphatic carbocycles. The Hall–Kier alpha value is -1.92. The van der Waals surface area contributed by atoms with Crippen LogP contribution < -0.4 is 48.8 Å². The van der Waals surface area contributed by atoms with E-state index >= 15 is 0 Å². The lowest BCUT2D eigenvalue weighted by molar-refractivity contribution is -0.0000232. The summed E-state index contributed by atoms with van der Waals surface area (Å²) >= 11 is 6.50. The van der Waals surface area contributed by atoms with Crippen LogP contribution in [0.4, 0.5) is 0 Å². The average molecular weight is 1240 g/mol. The second kappa shape index (κ2) is 45.5. The highest BCUT2D eigenvalue weighted by Gasteiger charge is 2.44. The van der Waals surface area contributed by atoms with Gasteiger partial charge in [0.05, 0.1) is 39.2 Å². The molecular weight excluding hydrogens is 1160 g/mol. The third-order valence-corrected chi connectivity index (χ3v) is 21.8. The van der Waals surface area contributed by atoms with Crippen LogP contribution in [0.5, 0.6) is 0 Å². The Morgan fingerprint density at radius 2 is 0.676 bits per heavy atom. The molecule has 6 aromatic carbocycles. The van der Waals surface area contributed by atoms with Crippen molar-refractivity contribution in [2.45, 2.75) is 88.0 Å². The predicted molar refractivity (Wildman–Crippen MR) is 321 cm³/mol. The first-order valence-electron chi connectivity index (χ1n) is 24.9. The van der Waals surface area contributed by atoms with Gasteiger partial charge in [-0.15, -0.1) is 0 Å². The van der Waals surface area contributed by atoms with E-state index in [2.05, 4.69) is 235 Å². The van der Waals surface area contributed by atoms with E-state index in [0.717, 1.165) is 17.1 Å². The normalized spacial score (nSPS) is 10.5. The van der Waals surface area contributed by atoms with Gasteiger partial charge in [0.15, 0.2) is 0 Å². The Kier molecular flexibility index (Phi) is 44.2. The van der Waals surface area contributed by atoms with Crippen molar-refractivity contribution in [3.05, 3.63) is 182 Å². The molecule has 0 N–H and O–H groups in total. The van der Waals surface area contributed by atoms with Gasteiger partial charge in [0.2, 0.25) is 0 Å². The van der Waals surface area contributed by atoms with E-state index in [1.165, 1.54) is 57.3 Å². The van der Waals surface area contributed by atoms with Gasteiger partial charge in [0.25, 0.3) is 0 Å². The molecule has 6 aromatic rings. The minimum absolute atomic E-state index is 0. The predicted octanol–water partition coefficient (Wildman–Crippen LogP) is 13.4. The second-order valence-corrected chi connectivity index (χ2v) is 25.7. The standard InChI is InChI=1S/C21H22P.C18H15P.C7H17O3P.C6H15O3P.2C3H7Br.BrH/c1-2-18-22(19-12-6-3-7-13-19,20-14-8-4-9-15-20)21-16-10-5-11-17-21;1-4-10-16(11-5-1)19(17-12-6-2-7-13-17)18-14-8-3-9-15-18;1-4-7-11(8,9-5-2)10-6-3;1-4-7-10(8-5-2)9-6-3;2*1-2-3-4;/h3-17H,2,18H2,1H3;1-15H;4-7H2,1-3H3;4-6H2,1-3H3;2*2-3H2,1H3;1H/q+1;;;;;;/p-1. The van der Waals surface area contributed by atoms with Crippen LogP contribution in [0.25, 0.3) is 0 Å². The molecular formula is C58H83Br3O6P4. The van der Waals surface area contributed by atoms with Crippen molar-refractivity contribution in [1.29, 1.82) is 0 Å². The number of hydrogen-bond donors (Lipinski definition) is 0. The summed E-state index contributed by atoms with van der Waals surface area (Å²) in [5.74, 6) is 0. The van der Waals surface area contributed by atoms with Crippen LogP contribution in [-0.4, -0.2) is 56.0 Å². The smallest absolute Gasteiger partial charge is 0.332 e. The zero-order chi connectivity index (χ0) is 51.6. The maximum absolute atomic E-state index is 11.6. The van der Waals surface area contributed by atoms with Crippen LogP contribution in [0.2, 0.25) is 0 Å². The monoisotopic (exact) mass is 1240 g/mol. The van der Waals surface area contributed by atoms with Gasteiger partial charge < -0.3 is 39.6 Å². The Labute approximate surface area is 461 Å². The number of benzene rings is 6. The molecule has 0 atom stereocenters. The molecule has 71 heavy (non-hydrogen) atoms. The third-order valence-electron chi connectivity index (χ3n) is 9.42. The maximum atomic E-state index is 11.6. The highest BCUT2D eigenvalue weighted by molar-refractivity contribution is 9.09. The molecule has 0 aromatic heterocycles. The summed E-state index contributed by atoms with van der Waals surface area (Å²) in [5.41, 5.74) is 0. The molecule has 0 amide bonds. The lowest BCUT2D eigenvalue weighted by atomic mass is 10.4. The van der Waals surface area contributed by atoms with E-state index in [1.54, 1.807) is 0 Å². The van der Waals surface area contributed by atoms with Crippen molar-refractivity contribution in [2.24, 2.45) is 0 Å². The largest absolute Gasteiger partial charge is 1.00 e. The molecule has 6 rings (SSSR count). The molecule has 0 spiro atoms. The lowest BCUT2D eigenvalue weighted by Gasteiger charge is -2.27. The van der Waals surface area contributed by atoms with Crippen molar-refractivity contribution in [3.8, 4) is 0 Å². The minimum atomic E-state index is -2.72. The maximum Gasteiger partial charge on any atom is 0.332 e. The first-order valence-corrected chi connectivity index (χ1v) is 33.3. The number of hydrogen-bond acceptors (Lipinski definition) is 6. The second-order valence-electron chi connectivity index (χ2n) is 14.9. The van der Waals surface area contributed by atoms with Gasteiger partial charge >= 0.3 is 16.2 Å². The Bertz CT molecular complexity index is 1860. The summed E-state index contributed by atoms with van der Waals surface area (Å²) in [5, 5.41) is 10.9. The van der Waals surface area contributed by atoms with Crippen molar-refractivity contribution in [1.82, 2.24) is 0 Å². The Morgan fingerprint density at radius 3 is 0.887 bits per heavy atom. The van der Waals surface area contributed by atoms with Crippen molar-refractivity contribution in [3.63, 3.8) is 0 Å². The fourth-order valence-electron chi connectivity index (χ4n) is 6.66. The van der Waals surface area contributed by atoms with Gasteiger partial charge in [-0.2, -0.15) is 0 Å². The molecule has 0 bridgehead atoms. The average Bonchev–Trinajstić information content (AvgIpc) is 3.41. The Balaban J connectivity index is 0.000000908. The first kappa shape index (κ1) is 69.1. The number of rotatable bonds is 22. The molecule has 0 fully saturated rings. The van der Waals surface area contributed by atoms with E-state index in [1.807, 2.05) is 41.5 Å². The molecule has 0 unspecified atom stereocenters. The topological polar surface area (TPSA) is 63.2 Å². The molecule has 392 valence electrons. The third kappa shape index (κ3) is 28.0. The summed E-state index contributed by atoms with van der Waals surface area (Å²) in [4.78, 5) is 0. The van der Waals surface area contributed by atoms with Gasteiger partial charge in [-0.25, -0.2) is 0 Å². The number of alkyl halides is 2. The van der Waals surface area contributed by atoms with Crippen molar-refractivity contribution >= 4 is 95.1 Å². The molecule has 0 saturated heterocycles. The van der Waals surface area contributed by atoms with Crippen LogP contribution in [0, 0.1) is 0 Å². The van der Waals surface area contributed by atoms with Crippen LogP contribution in [-0.2, 0) is 27.2 Å². The van der Waals surface area contributed by atoms with Crippen LogP contribution >= 0.6 is 63.2 Å². The Morgan fingerprint density at radius 1 is 0.408 bits per heavy atom. The fraction of sp³-hybridized carbons (Fsp3) is 0.379. The van der Waals surface area contributed by atoms with Gasteiger partial charge in [-0.05, 0) is 121 Å². The van der Waals surface area contributed by atoms with E-state index in [4.69, 9.17) is 22.6 Å². The molecule has 0 aliphatic rings. The zero-order valence-electron chi connectivity index (χ0n) is 43.9. The highest BCUT2D eigenvalue weighted by Crippen LogP contribution is 2.55. The van der Waals surface area contributed by atoms with Crippen LogP contribution in [0.1, 0.15) is 88.0 Å². The SMILES string of the molecule is CCCBr.CCCBr.CCCP(=O)(OCC)OCC.CCC[P+](c1ccccc1)(c1ccccc1)c1ccccc1.CCOP(OCC)OCC.[Br-].c1ccc(P(c2ccccc2)c2ccccc2)cc1. The van der Waals surface area contributed by atoms with Crippen molar-refractivity contribution < 1.29 is 44.2 Å². The molecule has 0 radical (unpaired) electrons. The van der Waals surface area contributed by atoms with Gasteiger partial charge in [-0.3, -0.25) is 4.57 Å². The molecule has 13 heteroatoms. The quantitative estimate of drug-likeness (QED) is 0.0499. The fourth-order valence-corrected chi connectivity index (χ4v) is 15.9. The molecule has 0 aliphatic heterocycles. The van der Waals surface area contributed by atoms with Crippen LogP contribution in [0.15, 0.2) is 182 Å².